The Labute approximate surface area is 233 Å². The van der Waals surface area contributed by atoms with Gasteiger partial charge in [-0.15, -0.1) is 11.3 Å². The van der Waals surface area contributed by atoms with Gasteiger partial charge in [-0.2, -0.15) is 0 Å². The number of nitrogens with one attached hydrogen (secondary N) is 1. The van der Waals surface area contributed by atoms with Crippen LogP contribution in [0.3, 0.4) is 0 Å². The van der Waals surface area contributed by atoms with Crippen molar-refractivity contribution in [2.45, 2.75) is 70.5 Å². The van der Waals surface area contributed by atoms with Crippen LogP contribution < -0.4 is 11.1 Å². The van der Waals surface area contributed by atoms with E-state index in [0.717, 1.165) is 47.4 Å². The average molecular weight is 545 g/mol. The van der Waals surface area contributed by atoms with Gasteiger partial charge in [0.15, 0.2) is 0 Å². The number of alkyl carbamates (subject to hydrolysis) is 1. The van der Waals surface area contributed by atoms with Gasteiger partial charge in [-0.1, -0.05) is 36.4 Å². The minimum atomic E-state index is -1.07. The lowest BCUT2D eigenvalue weighted by molar-refractivity contribution is 0.0783. The number of carbonyl (C=O) groups is 1. The number of nitrogens with zero attached hydrogens (tertiary/aromatic N) is 2. The summed E-state index contributed by atoms with van der Waals surface area (Å²) >= 11 is 1.40. The standard InChI is InChI=1S/C31H36N4O3S/c1-31(2,37)29-34-18-27(39-29)26(17-35-30(36)38-19-20-8-4-3-5-9-20)23(15-32)16-33-28-24-12-6-10-21(24)14-22-11-7-13-25(22)28/h3-5,8-9,14-16,18,26,37H,6-7,10-13,17,19,32H2,1-2H3,(H,35,36). The Morgan fingerprint density at radius 1 is 1.18 bits per heavy atom. The molecule has 4 N–H and O–H groups in total. The number of aliphatic imine (C=N–C) groups is 1. The van der Waals surface area contributed by atoms with Crippen molar-refractivity contribution in [3.63, 3.8) is 0 Å². The average Bonchev–Trinajstić information content (AvgIpc) is 3.70. The quantitative estimate of drug-likeness (QED) is 0.304. The van der Waals surface area contributed by atoms with Crippen molar-refractivity contribution in [2.75, 3.05) is 6.54 Å². The Hall–Kier alpha value is -3.49. The molecule has 0 fully saturated rings. The van der Waals surface area contributed by atoms with E-state index < -0.39 is 11.7 Å². The van der Waals surface area contributed by atoms with Gasteiger partial charge < -0.3 is 20.9 Å². The van der Waals surface area contributed by atoms with Gasteiger partial charge in [0.25, 0.3) is 0 Å². The van der Waals surface area contributed by atoms with Gasteiger partial charge >= 0.3 is 6.09 Å². The Morgan fingerprint density at radius 2 is 1.87 bits per heavy atom. The van der Waals surface area contributed by atoms with Crippen LogP contribution >= 0.6 is 11.3 Å². The summed E-state index contributed by atoms with van der Waals surface area (Å²) in [5.41, 5.74) is 13.5. The number of fused-ring (bicyclic) bond motifs is 2. The minimum absolute atomic E-state index is 0.187. The van der Waals surface area contributed by atoms with E-state index >= 15 is 0 Å². The SMILES string of the molecule is CC(C)(O)c1ncc(C(CNC(=O)OCc2ccccc2)C(C=Nc2c3c(cc4c2CCC4)CCC3)=CN)s1. The highest BCUT2D eigenvalue weighted by Gasteiger charge is 2.27. The largest absolute Gasteiger partial charge is 0.445 e. The number of hydrogen-bond acceptors (Lipinski definition) is 7. The molecule has 0 radical (unpaired) electrons. The van der Waals surface area contributed by atoms with Crippen molar-refractivity contribution in [1.82, 2.24) is 10.3 Å². The van der Waals surface area contributed by atoms with Gasteiger partial charge in [-0.25, -0.2) is 9.78 Å². The number of rotatable bonds is 9. The number of aromatic nitrogens is 1. The zero-order chi connectivity index (χ0) is 27.4. The fourth-order valence-electron chi connectivity index (χ4n) is 5.40. The summed E-state index contributed by atoms with van der Waals surface area (Å²) < 4.78 is 5.43. The number of aryl methyl sites for hydroxylation is 2. The van der Waals surface area contributed by atoms with Crippen molar-refractivity contribution in [1.29, 1.82) is 0 Å². The molecule has 1 unspecified atom stereocenters. The van der Waals surface area contributed by atoms with E-state index in [9.17, 15) is 9.90 Å². The van der Waals surface area contributed by atoms with Gasteiger partial charge in [0.2, 0.25) is 0 Å². The molecule has 0 aliphatic heterocycles. The third kappa shape index (κ3) is 6.23. The molecular weight excluding hydrogens is 508 g/mol. The minimum Gasteiger partial charge on any atom is -0.445 e. The first-order chi connectivity index (χ1) is 18.8. The zero-order valence-electron chi connectivity index (χ0n) is 22.6. The molecular formula is C31H36N4O3S. The Morgan fingerprint density at radius 3 is 2.49 bits per heavy atom. The fourth-order valence-corrected chi connectivity index (χ4v) is 6.45. The third-order valence-electron chi connectivity index (χ3n) is 7.43. The molecule has 1 amide bonds. The van der Waals surface area contributed by atoms with Gasteiger partial charge in [0.05, 0.1) is 5.69 Å². The molecule has 0 saturated heterocycles. The van der Waals surface area contributed by atoms with E-state index in [0.29, 0.717) is 5.01 Å². The van der Waals surface area contributed by atoms with Crippen LogP contribution in [0.4, 0.5) is 10.5 Å². The number of amides is 1. The van der Waals surface area contributed by atoms with Crippen LogP contribution in [-0.4, -0.2) is 28.9 Å². The summed E-state index contributed by atoms with van der Waals surface area (Å²) in [5.74, 6) is -0.304. The topological polar surface area (TPSA) is 110 Å². The lowest BCUT2D eigenvalue weighted by atomic mass is 9.97. The summed E-state index contributed by atoms with van der Waals surface area (Å²) in [4.78, 5) is 23.0. The van der Waals surface area contributed by atoms with Crippen molar-refractivity contribution < 1.29 is 14.6 Å². The van der Waals surface area contributed by atoms with E-state index in [2.05, 4.69) is 16.4 Å². The molecule has 1 heterocycles. The van der Waals surface area contributed by atoms with E-state index in [-0.39, 0.29) is 19.1 Å². The zero-order valence-corrected chi connectivity index (χ0v) is 23.4. The molecule has 39 heavy (non-hydrogen) atoms. The maximum atomic E-state index is 12.6. The molecule has 7 nitrogen and oxygen atoms in total. The highest BCUT2D eigenvalue weighted by molar-refractivity contribution is 7.11. The summed E-state index contributed by atoms with van der Waals surface area (Å²) in [5, 5.41) is 14.0. The van der Waals surface area contributed by atoms with Gasteiger partial charge in [-0.3, -0.25) is 4.99 Å². The highest BCUT2D eigenvalue weighted by atomic mass is 32.1. The lowest BCUT2D eigenvalue weighted by Gasteiger charge is -2.18. The molecule has 3 aromatic rings. The van der Waals surface area contributed by atoms with Gasteiger partial charge in [0, 0.05) is 29.8 Å². The van der Waals surface area contributed by atoms with Crippen molar-refractivity contribution >= 4 is 29.3 Å². The van der Waals surface area contributed by atoms with E-state index in [4.69, 9.17) is 15.5 Å². The van der Waals surface area contributed by atoms with Crippen LogP contribution in [0.15, 0.2) is 59.4 Å². The van der Waals surface area contributed by atoms with Gasteiger partial charge in [0.1, 0.15) is 17.2 Å². The van der Waals surface area contributed by atoms with Crippen LogP contribution in [0.2, 0.25) is 0 Å². The molecule has 1 atom stereocenters. The molecule has 1 aromatic heterocycles. The fraction of sp³-hybridized carbons (Fsp3) is 0.387. The number of carbonyl (C=O) groups excluding carboxylic acids is 1. The summed E-state index contributed by atoms with van der Waals surface area (Å²) in [6, 6.07) is 12.0. The molecule has 2 aliphatic carbocycles. The molecule has 8 heteroatoms. The normalized spacial score (nSPS) is 15.8. The van der Waals surface area contributed by atoms with Crippen LogP contribution in [0.1, 0.15) is 70.3 Å². The predicted octanol–water partition coefficient (Wildman–Crippen LogP) is 5.60. The molecule has 5 rings (SSSR count). The molecule has 204 valence electrons. The maximum absolute atomic E-state index is 12.6. The molecule has 0 saturated carbocycles. The van der Waals surface area contributed by atoms with Crippen LogP contribution in [0.25, 0.3) is 0 Å². The molecule has 0 bridgehead atoms. The van der Waals surface area contributed by atoms with Crippen molar-refractivity contribution in [2.24, 2.45) is 10.7 Å². The van der Waals surface area contributed by atoms with E-state index in [1.807, 2.05) is 36.5 Å². The third-order valence-corrected chi connectivity index (χ3v) is 8.86. The first kappa shape index (κ1) is 27.1. The molecule has 0 spiro atoms. The number of benzene rings is 2. The van der Waals surface area contributed by atoms with Crippen LogP contribution in [-0.2, 0) is 42.6 Å². The highest BCUT2D eigenvalue weighted by Crippen LogP contribution is 2.40. The molecule has 2 aromatic carbocycles. The summed E-state index contributed by atoms with van der Waals surface area (Å²) in [7, 11) is 0. The second kappa shape index (κ2) is 11.7. The first-order valence-corrected chi connectivity index (χ1v) is 14.4. The number of ether oxygens (including phenoxy) is 1. The second-order valence-electron chi connectivity index (χ2n) is 10.8. The van der Waals surface area contributed by atoms with E-state index in [1.54, 1.807) is 26.2 Å². The predicted molar refractivity (Wildman–Crippen MR) is 156 cm³/mol. The van der Waals surface area contributed by atoms with Crippen molar-refractivity contribution in [3.8, 4) is 0 Å². The van der Waals surface area contributed by atoms with Crippen LogP contribution in [0.5, 0.6) is 0 Å². The summed E-state index contributed by atoms with van der Waals surface area (Å²) in [6.45, 7) is 3.86. The maximum Gasteiger partial charge on any atom is 0.407 e. The van der Waals surface area contributed by atoms with Gasteiger partial charge in [-0.05, 0) is 92.0 Å². The lowest BCUT2D eigenvalue weighted by Crippen LogP contribution is -2.30. The first-order valence-electron chi connectivity index (χ1n) is 13.6. The Kier molecular flexibility index (Phi) is 8.14. The smallest absolute Gasteiger partial charge is 0.407 e. The summed E-state index contributed by atoms with van der Waals surface area (Å²) in [6.07, 6.45) is 11.3. The molecule has 2 aliphatic rings. The number of nitrogens with two attached hydrogens (primary N) is 1. The number of thiazole rings is 1. The second-order valence-corrected chi connectivity index (χ2v) is 11.8. The van der Waals surface area contributed by atoms with Crippen LogP contribution in [0, 0.1) is 0 Å². The number of aliphatic hydroxyl groups is 1. The van der Waals surface area contributed by atoms with E-state index in [1.165, 1.54) is 46.4 Å². The monoisotopic (exact) mass is 544 g/mol. The van der Waals surface area contributed by atoms with Crippen molar-refractivity contribution in [3.05, 3.63) is 92.1 Å². The number of hydrogen-bond donors (Lipinski definition) is 3. The Balaban J connectivity index is 1.38. The Bertz CT molecular complexity index is 1360.